The molecule has 0 amide bonds. The first-order valence-electron chi connectivity index (χ1n) is 7.89. The Morgan fingerprint density at radius 1 is 0.800 bits per heavy atom. The molecule has 0 radical (unpaired) electrons. The summed E-state index contributed by atoms with van der Waals surface area (Å²) in [4.78, 5) is 12.5. The molecule has 4 heteroatoms. The quantitative estimate of drug-likeness (QED) is 0.659. The highest BCUT2D eigenvalue weighted by molar-refractivity contribution is 6.30. The number of carbonyl (C=O) groups is 1. The van der Waals surface area contributed by atoms with Gasteiger partial charge in [0.15, 0.2) is 6.10 Å². The number of rotatable bonds is 5. The summed E-state index contributed by atoms with van der Waals surface area (Å²) in [6.07, 6.45) is -1.79. The van der Waals surface area contributed by atoms with Crippen LogP contribution in [0.1, 0.15) is 33.7 Å². The molecule has 0 saturated carbocycles. The van der Waals surface area contributed by atoms with Crippen molar-refractivity contribution < 1.29 is 14.6 Å². The molecule has 2 atom stereocenters. The Kier molecular flexibility index (Phi) is 5.49. The lowest BCUT2D eigenvalue weighted by Crippen LogP contribution is -2.18. The molecule has 0 fully saturated rings. The van der Waals surface area contributed by atoms with Gasteiger partial charge in [-0.15, -0.1) is 0 Å². The molecule has 3 nitrogen and oxygen atoms in total. The highest BCUT2D eigenvalue weighted by atomic mass is 35.5. The van der Waals surface area contributed by atoms with Crippen LogP contribution in [-0.2, 0) is 4.74 Å². The van der Waals surface area contributed by atoms with E-state index in [2.05, 4.69) is 0 Å². The third-order valence-corrected chi connectivity index (χ3v) is 4.12. The summed E-state index contributed by atoms with van der Waals surface area (Å²) in [5.41, 5.74) is 1.78. The molecule has 25 heavy (non-hydrogen) atoms. The Morgan fingerprint density at radius 2 is 1.32 bits per heavy atom. The highest BCUT2D eigenvalue weighted by Gasteiger charge is 2.27. The molecule has 0 heterocycles. The van der Waals surface area contributed by atoms with Gasteiger partial charge < -0.3 is 9.84 Å². The molecule has 0 bridgehead atoms. The van der Waals surface area contributed by atoms with Crippen LogP contribution in [0.5, 0.6) is 0 Å². The van der Waals surface area contributed by atoms with Crippen LogP contribution < -0.4 is 0 Å². The first-order chi connectivity index (χ1) is 12.1. The van der Waals surface area contributed by atoms with Crippen molar-refractivity contribution in [1.82, 2.24) is 0 Å². The molecule has 126 valence electrons. The van der Waals surface area contributed by atoms with Gasteiger partial charge in [0.25, 0.3) is 0 Å². The molecule has 0 saturated heterocycles. The van der Waals surface area contributed by atoms with E-state index in [0.29, 0.717) is 16.1 Å². The lowest BCUT2D eigenvalue weighted by molar-refractivity contribution is -0.0209. The fraction of sp³-hybridized carbons (Fsp3) is 0.0952. The minimum atomic E-state index is -0.972. The minimum absolute atomic E-state index is 0.380. The van der Waals surface area contributed by atoms with E-state index in [-0.39, 0.29) is 0 Å². The Morgan fingerprint density at radius 3 is 1.88 bits per heavy atom. The van der Waals surface area contributed by atoms with Crippen molar-refractivity contribution in [2.45, 2.75) is 12.2 Å². The topological polar surface area (TPSA) is 46.5 Å². The molecule has 0 aliphatic rings. The molecular formula is C21H17ClO3. The number of carbonyl (C=O) groups excluding carboxylic acids is 1. The number of aliphatic hydroxyl groups is 1. The third kappa shape index (κ3) is 4.27. The second-order valence-electron chi connectivity index (χ2n) is 5.60. The summed E-state index contributed by atoms with van der Waals surface area (Å²) in [7, 11) is 0. The number of hydrogen-bond donors (Lipinski definition) is 1. The summed E-state index contributed by atoms with van der Waals surface area (Å²) in [5.74, 6) is -0.513. The van der Waals surface area contributed by atoms with Crippen molar-refractivity contribution in [2.24, 2.45) is 0 Å². The first-order valence-corrected chi connectivity index (χ1v) is 8.27. The second kappa shape index (κ2) is 7.97. The predicted molar refractivity (Wildman–Crippen MR) is 97.5 cm³/mol. The van der Waals surface area contributed by atoms with Crippen LogP contribution in [0.25, 0.3) is 0 Å². The zero-order valence-electron chi connectivity index (χ0n) is 13.4. The fourth-order valence-corrected chi connectivity index (χ4v) is 2.68. The molecule has 3 aromatic rings. The summed E-state index contributed by atoms with van der Waals surface area (Å²) in [5, 5.41) is 11.3. The number of halogens is 1. The van der Waals surface area contributed by atoms with Gasteiger partial charge in [0, 0.05) is 5.02 Å². The predicted octanol–water partition coefficient (Wildman–Crippen LogP) is 4.97. The molecule has 0 aliphatic carbocycles. The van der Waals surface area contributed by atoms with Gasteiger partial charge >= 0.3 is 5.97 Å². The number of benzene rings is 3. The summed E-state index contributed by atoms with van der Waals surface area (Å²) in [6.45, 7) is 0. The van der Waals surface area contributed by atoms with Crippen LogP contribution in [0.2, 0.25) is 5.02 Å². The molecule has 1 N–H and O–H groups in total. The Balaban J connectivity index is 1.89. The van der Waals surface area contributed by atoms with Gasteiger partial charge in [-0.2, -0.15) is 0 Å². The van der Waals surface area contributed by atoms with Crippen LogP contribution in [-0.4, -0.2) is 11.1 Å². The van der Waals surface area contributed by atoms with Crippen LogP contribution in [0.15, 0.2) is 84.9 Å². The molecule has 0 unspecified atom stereocenters. The maximum absolute atomic E-state index is 12.5. The van der Waals surface area contributed by atoms with Gasteiger partial charge in [-0.05, 0) is 35.4 Å². The largest absolute Gasteiger partial charge is 0.451 e. The van der Waals surface area contributed by atoms with E-state index in [1.807, 2.05) is 48.5 Å². The summed E-state index contributed by atoms with van der Waals surface area (Å²) in [6, 6.07) is 24.8. The number of ether oxygens (including phenoxy) is 1. The van der Waals surface area contributed by atoms with Crippen molar-refractivity contribution in [1.29, 1.82) is 0 Å². The van der Waals surface area contributed by atoms with Crippen molar-refractivity contribution in [3.8, 4) is 0 Å². The molecule has 0 aromatic heterocycles. The third-order valence-electron chi connectivity index (χ3n) is 3.87. The zero-order valence-corrected chi connectivity index (χ0v) is 14.1. The normalized spacial score (nSPS) is 13.0. The molecule has 3 rings (SSSR count). The number of esters is 1. The first kappa shape index (κ1) is 17.2. The van der Waals surface area contributed by atoms with E-state index in [0.717, 1.165) is 5.56 Å². The van der Waals surface area contributed by atoms with Gasteiger partial charge in [-0.25, -0.2) is 4.79 Å². The molecule has 0 aliphatic heterocycles. The van der Waals surface area contributed by atoms with E-state index in [9.17, 15) is 9.90 Å². The van der Waals surface area contributed by atoms with Crippen LogP contribution >= 0.6 is 11.6 Å². The Labute approximate surface area is 151 Å². The summed E-state index contributed by atoms with van der Waals surface area (Å²) >= 11 is 5.86. The van der Waals surface area contributed by atoms with Crippen molar-refractivity contribution in [3.63, 3.8) is 0 Å². The van der Waals surface area contributed by atoms with E-state index in [1.54, 1.807) is 36.4 Å². The standard InChI is InChI=1S/C21H17ClO3/c22-18-13-11-17(12-14-18)21(24)25-20(16-9-5-2-6-10-16)19(23)15-7-3-1-4-8-15/h1-14,19-20,23H/t19-,20-/m1/s1. The maximum Gasteiger partial charge on any atom is 0.338 e. The second-order valence-corrected chi connectivity index (χ2v) is 6.04. The number of hydrogen-bond acceptors (Lipinski definition) is 3. The van der Waals surface area contributed by atoms with Gasteiger partial charge in [-0.3, -0.25) is 0 Å². The van der Waals surface area contributed by atoms with Crippen LogP contribution in [0.3, 0.4) is 0 Å². The van der Waals surface area contributed by atoms with Crippen molar-refractivity contribution >= 4 is 17.6 Å². The highest BCUT2D eigenvalue weighted by Crippen LogP contribution is 2.32. The van der Waals surface area contributed by atoms with E-state index >= 15 is 0 Å². The lowest BCUT2D eigenvalue weighted by atomic mass is 9.98. The minimum Gasteiger partial charge on any atom is -0.451 e. The van der Waals surface area contributed by atoms with Gasteiger partial charge in [-0.1, -0.05) is 72.3 Å². The number of aliphatic hydroxyl groups excluding tert-OH is 1. The Hall–Kier alpha value is -2.62. The lowest BCUT2D eigenvalue weighted by Gasteiger charge is -2.24. The molecular weight excluding hydrogens is 336 g/mol. The average Bonchev–Trinajstić information content (AvgIpc) is 2.67. The monoisotopic (exact) mass is 352 g/mol. The SMILES string of the molecule is O=C(O[C@H](c1ccccc1)[C@H](O)c1ccccc1)c1ccc(Cl)cc1. The van der Waals surface area contributed by atoms with Gasteiger partial charge in [0.2, 0.25) is 0 Å². The van der Waals surface area contributed by atoms with E-state index in [1.165, 1.54) is 0 Å². The van der Waals surface area contributed by atoms with Crippen molar-refractivity contribution in [2.75, 3.05) is 0 Å². The van der Waals surface area contributed by atoms with Crippen molar-refractivity contribution in [3.05, 3.63) is 107 Å². The summed E-state index contributed by atoms with van der Waals surface area (Å²) < 4.78 is 5.65. The zero-order chi connectivity index (χ0) is 17.6. The maximum atomic E-state index is 12.5. The van der Waals surface area contributed by atoms with Gasteiger partial charge in [0.1, 0.15) is 6.10 Å². The fourth-order valence-electron chi connectivity index (χ4n) is 2.55. The smallest absolute Gasteiger partial charge is 0.338 e. The average molecular weight is 353 g/mol. The van der Waals surface area contributed by atoms with E-state index in [4.69, 9.17) is 16.3 Å². The van der Waals surface area contributed by atoms with Crippen LogP contribution in [0, 0.1) is 0 Å². The Bertz CT molecular complexity index is 817. The molecule has 3 aromatic carbocycles. The van der Waals surface area contributed by atoms with Gasteiger partial charge in [0.05, 0.1) is 5.56 Å². The molecule has 0 spiro atoms. The van der Waals surface area contributed by atoms with Crippen LogP contribution in [0.4, 0.5) is 0 Å². The van der Waals surface area contributed by atoms with E-state index < -0.39 is 18.2 Å².